The summed E-state index contributed by atoms with van der Waals surface area (Å²) < 4.78 is 13.5. The Morgan fingerprint density at radius 2 is 1.84 bits per heavy atom. The summed E-state index contributed by atoms with van der Waals surface area (Å²) in [6.07, 6.45) is 2.61. The van der Waals surface area contributed by atoms with Crippen LogP contribution in [-0.2, 0) is 4.79 Å². The van der Waals surface area contributed by atoms with Gasteiger partial charge in [-0.05, 0) is 61.2 Å². The molecule has 2 aromatic carbocycles. The summed E-state index contributed by atoms with van der Waals surface area (Å²) in [5.41, 5.74) is 1.45. The second kappa shape index (κ2) is 9.82. The number of carbonyl (C=O) groups is 1. The molecule has 0 atom stereocenters. The second-order valence-corrected chi connectivity index (χ2v) is 9.15. The maximum atomic E-state index is 13.5. The van der Waals surface area contributed by atoms with Gasteiger partial charge in [0.1, 0.15) is 11.6 Å². The topological polar surface area (TPSA) is 49.3 Å². The average Bonchev–Trinajstić information content (AvgIpc) is 3.31. The molecule has 0 aliphatic carbocycles. The van der Waals surface area contributed by atoms with Gasteiger partial charge in [0.05, 0.1) is 5.52 Å². The number of fused-ring (bicyclic) bond motifs is 1. The fourth-order valence-corrected chi connectivity index (χ4v) is 4.30. The van der Waals surface area contributed by atoms with Crippen molar-refractivity contribution >= 4 is 34.2 Å². The first kappa shape index (κ1) is 22.5. The lowest BCUT2D eigenvalue weighted by molar-refractivity contribution is -0.129. The van der Waals surface area contributed by atoms with Crippen LogP contribution < -0.4 is 4.90 Å². The molecule has 7 heteroatoms. The Bertz CT molecular complexity index is 1100. The molecule has 168 valence electrons. The number of nitrogens with zero attached hydrogens (tertiary/aromatic N) is 4. The molecule has 1 aliphatic heterocycles. The van der Waals surface area contributed by atoms with Crippen LogP contribution in [0.2, 0.25) is 5.02 Å². The van der Waals surface area contributed by atoms with Crippen molar-refractivity contribution < 1.29 is 9.18 Å². The lowest BCUT2D eigenvalue weighted by Crippen LogP contribution is -2.35. The van der Waals surface area contributed by atoms with Crippen LogP contribution in [0.1, 0.15) is 33.1 Å². The molecule has 0 N–H and O–H groups in total. The first-order valence-electron chi connectivity index (χ1n) is 11.2. The third-order valence-electron chi connectivity index (χ3n) is 5.68. The molecule has 1 amide bonds. The predicted octanol–water partition coefficient (Wildman–Crippen LogP) is 5.56. The normalized spacial score (nSPS) is 13.8. The van der Waals surface area contributed by atoms with Crippen molar-refractivity contribution in [1.29, 1.82) is 0 Å². The number of carbonyl (C=O) groups excluding carboxylic acids is 1. The number of benzene rings is 2. The van der Waals surface area contributed by atoms with Gasteiger partial charge in [-0.15, -0.1) is 0 Å². The van der Waals surface area contributed by atoms with Gasteiger partial charge >= 0.3 is 0 Å². The van der Waals surface area contributed by atoms with Crippen LogP contribution in [0.25, 0.3) is 22.3 Å². The van der Waals surface area contributed by atoms with Crippen LogP contribution in [-0.4, -0.2) is 47.0 Å². The Labute approximate surface area is 193 Å². The van der Waals surface area contributed by atoms with Crippen LogP contribution in [0, 0.1) is 11.7 Å². The number of aromatic nitrogens is 2. The minimum atomic E-state index is -0.306. The molecule has 0 radical (unpaired) electrons. The maximum absolute atomic E-state index is 13.5. The van der Waals surface area contributed by atoms with E-state index in [1.165, 1.54) is 12.1 Å². The van der Waals surface area contributed by atoms with Crippen LogP contribution in [0.15, 0.2) is 42.5 Å². The first-order valence-corrected chi connectivity index (χ1v) is 11.5. The fourth-order valence-electron chi connectivity index (χ4n) is 4.13. The largest absolute Gasteiger partial charge is 0.355 e. The van der Waals surface area contributed by atoms with Crippen molar-refractivity contribution in [3.8, 4) is 11.4 Å². The minimum absolute atomic E-state index is 0.191. The Balaban J connectivity index is 1.73. The quantitative estimate of drug-likeness (QED) is 0.468. The second-order valence-electron chi connectivity index (χ2n) is 8.72. The van der Waals surface area contributed by atoms with Gasteiger partial charge in [-0.3, -0.25) is 4.79 Å². The van der Waals surface area contributed by atoms with Crippen molar-refractivity contribution in [2.75, 3.05) is 31.1 Å². The molecule has 1 saturated heterocycles. The van der Waals surface area contributed by atoms with Gasteiger partial charge in [-0.1, -0.05) is 25.4 Å². The summed E-state index contributed by atoms with van der Waals surface area (Å²) in [6.45, 7) is 7.34. The SMILES string of the molecule is CC(C)CN(CCC(=O)N1CCCC1)c1nc(-c2ccc(F)cc2)nc2cc(Cl)ccc12. The molecular formula is C25H28ClFN4O. The molecule has 0 saturated carbocycles. The summed E-state index contributed by atoms with van der Waals surface area (Å²) in [6, 6.07) is 11.7. The number of amides is 1. The van der Waals surface area contributed by atoms with E-state index in [4.69, 9.17) is 21.6 Å². The maximum Gasteiger partial charge on any atom is 0.224 e. The summed E-state index contributed by atoms with van der Waals surface area (Å²) >= 11 is 6.26. The predicted molar refractivity (Wildman–Crippen MR) is 127 cm³/mol. The number of anilines is 1. The summed E-state index contributed by atoms with van der Waals surface area (Å²) in [5, 5.41) is 1.47. The smallest absolute Gasteiger partial charge is 0.224 e. The van der Waals surface area contributed by atoms with Gasteiger partial charge in [0.15, 0.2) is 5.82 Å². The molecule has 4 rings (SSSR count). The zero-order chi connectivity index (χ0) is 22.7. The molecule has 1 aliphatic rings. The van der Waals surface area contributed by atoms with Crippen LogP contribution in [0.3, 0.4) is 0 Å². The van der Waals surface area contributed by atoms with Gasteiger partial charge in [0, 0.05) is 48.6 Å². The number of hydrogen-bond donors (Lipinski definition) is 0. The molecule has 0 spiro atoms. The van der Waals surface area contributed by atoms with E-state index in [0.717, 1.165) is 54.8 Å². The molecular weight excluding hydrogens is 427 g/mol. The monoisotopic (exact) mass is 454 g/mol. The molecule has 3 aromatic rings. The van der Waals surface area contributed by atoms with Crippen LogP contribution in [0.4, 0.5) is 10.2 Å². The Morgan fingerprint density at radius 3 is 2.53 bits per heavy atom. The van der Waals surface area contributed by atoms with E-state index in [9.17, 15) is 9.18 Å². The van der Waals surface area contributed by atoms with Crippen molar-refractivity contribution in [1.82, 2.24) is 14.9 Å². The fraction of sp³-hybridized carbons (Fsp3) is 0.400. The van der Waals surface area contributed by atoms with Crippen LogP contribution in [0.5, 0.6) is 0 Å². The molecule has 1 fully saturated rings. The number of rotatable bonds is 7. The Kier molecular flexibility index (Phi) is 6.89. The van der Waals surface area contributed by atoms with Crippen molar-refractivity contribution in [2.45, 2.75) is 33.1 Å². The summed E-state index contributed by atoms with van der Waals surface area (Å²) in [7, 11) is 0. The van der Waals surface area contributed by atoms with E-state index in [0.29, 0.717) is 29.7 Å². The Morgan fingerprint density at radius 1 is 1.12 bits per heavy atom. The van der Waals surface area contributed by atoms with Gasteiger partial charge in [-0.25, -0.2) is 14.4 Å². The van der Waals surface area contributed by atoms with Gasteiger partial charge in [0.25, 0.3) is 0 Å². The molecule has 1 aromatic heterocycles. The first-order chi connectivity index (χ1) is 15.4. The number of hydrogen-bond acceptors (Lipinski definition) is 4. The molecule has 32 heavy (non-hydrogen) atoms. The third-order valence-corrected chi connectivity index (χ3v) is 5.92. The lowest BCUT2D eigenvalue weighted by Gasteiger charge is -2.28. The zero-order valence-electron chi connectivity index (χ0n) is 18.5. The van der Waals surface area contributed by atoms with Crippen molar-refractivity contribution in [3.63, 3.8) is 0 Å². The van der Waals surface area contributed by atoms with Gasteiger partial charge in [-0.2, -0.15) is 0 Å². The highest BCUT2D eigenvalue weighted by atomic mass is 35.5. The zero-order valence-corrected chi connectivity index (χ0v) is 19.3. The van der Waals surface area contributed by atoms with Crippen LogP contribution >= 0.6 is 11.6 Å². The van der Waals surface area contributed by atoms with Gasteiger partial charge in [0.2, 0.25) is 5.91 Å². The number of likely N-dealkylation sites (tertiary alicyclic amines) is 1. The number of halogens is 2. The molecule has 0 unspecified atom stereocenters. The molecule has 0 bridgehead atoms. The highest BCUT2D eigenvalue weighted by Crippen LogP contribution is 2.30. The highest BCUT2D eigenvalue weighted by Gasteiger charge is 2.21. The lowest BCUT2D eigenvalue weighted by atomic mass is 10.1. The Hall–Kier alpha value is -2.73. The van der Waals surface area contributed by atoms with E-state index in [2.05, 4.69) is 18.7 Å². The van der Waals surface area contributed by atoms with E-state index in [1.54, 1.807) is 12.1 Å². The van der Waals surface area contributed by atoms with Crippen molar-refractivity contribution in [2.24, 2.45) is 5.92 Å². The third kappa shape index (κ3) is 5.18. The summed E-state index contributed by atoms with van der Waals surface area (Å²) in [5.74, 6) is 1.54. The average molecular weight is 455 g/mol. The van der Waals surface area contributed by atoms with E-state index < -0.39 is 0 Å². The standard InChI is InChI=1S/C25H28ClFN4O/c1-17(2)16-31(14-11-23(32)30-12-3-4-13-30)25-21-10-7-19(26)15-22(21)28-24(29-25)18-5-8-20(27)9-6-18/h5-10,15,17H,3-4,11-14,16H2,1-2H3. The minimum Gasteiger partial charge on any atom is -0.355 e. The van der Waals surface area contributed by atoms with Crippen molar-refractivity contribution in [3.05, 3.63) is 53.3 Å². The van der Waals surface area contributed by atoms with E-state index in [-0.39, 0.29) is 11.7 Å². The summed E-state index contributed by atoms with van der Waals surface area (Å²) in [4.78, 5) is 26.4. The van der Waals surface area contributed by atoms with E-state index >= 15 is 0 Å². The van der Waals surface area contributed by atoms with Gasteiger partial charge < -0.3 is 9.80 Å². The van der Waals surface area contributed by atoms with E-state index in [1.807, 2.05) is 23.1 Å². The highest BCUT2D eigenvalue weighted by molar-refractivity contribution is 6.31. The molecule has 2 heterocycles. The molecule has 5 nitrogen and oxygen atoms in total.